The zero-order valence-corrected chi connectivity index (χ0v) is 11.5. The molecule has 110 valence electrons. The first-order chi connectivity index (χ1) is 9.69. The SMILES string of the molecule is COC(=O)C1CCCCC1.O/N=C/c1ncccc1F. The summed E-state index contributed by atoms with van der Waals surface area (Å²) in [6.45, 7) is 0. The molecule has 0 aliphatic heterocycles. The average Bonchev–Trinajstić information content (AvgIpc) is 2.50. The number of esters is 1. The van der Waals surface area contributed by atoms with Gasteiger partial charge in [-0.25, -0.2) is 4.39 Å². The molecule has 0 saturated heterocycles. The van der Waals surface area contributed by atoms with E-state index in [0.29, 0.717) is 0 Å². The molecule has 6 heteroatoms. The Morgan fingerprint density at radius 2 is 2.20 bits per heavy atom. The first kappa shape index (κ1) is 16.1. The number of carbonyl (C=O) groups is 1. The summed E-state index contributed by atoms with van der Waals surface area (Å²) < 4.78 is 17.2. The van der Waals surface area contributed by atoms with E-state index in [0.717, 1.165) is 19.1 Å². The van der Waals surface area contributed by atoms with E-state index in [-0.39, 0.29) is 17.6 Å². The third-order valence-electron chi connectivity index (χ3n) is 3.11. The van der Waals surface area contributed by atoms with E-state index in [1.54, 1.807) is 0 Å². The Morgan fingerprint density at radius 3 is 2.75 bits per heavy atom. The Hall–Kier alpha value is -1.98. The summed E-state index contributed by atoms with van der Waals surface area (Å²) in [5, 5.41) is 10.6. The molecular formula is C14H19FN2O3. The molecule has 1 aliphatic rings. The molecule has 0 bridgehead atoms. The minimum atomic E-state index is -0.500. The van der Waals surface area contributed by atoms with Gasteiger partial charge in [-0.1, -0.05) is 24.4 Å². The average molecular weight is 282 g/mol. The Kier molecular flexibility index (Phi) is 7.24. The maximum atomic E-state index is 12.5. The monoisotopic (exact) mass is 282 g/mol. The molecule has 0 atom stereocenters. The van der Waals surface area contributed by atoms with Gasteiger partial charge in [0.05, 0.1) is 19.2 Å². The van der Waals surface area contributed by atoms with Gasteiger partial charge in [0.2, 0.25) is 0 Å². The van der Waals surface area contributed by atoms with Gasteiger partial charge in [-0.2, -0.15) is 0 Å². The molecule has 2 rings (SSSR count). The second-order valence-corrected chi connectivity index (χ2v) is 4.47. The van der Waals surface area contributed by atoms with E-state index >= 15 is 0 Å². The predicted octanol–water partition coefficient (Wildman–Crippen LogP) is 2.77. The van der Waals surface area contributed by atoms with E-state index in [9.17, 15) is 9.18 Å². The Labute approximate surface area is 117 Å². The van der Waals surface area contributed by atoms with Gasteiger partial charge < -0.3 is 9.94 Å². The van der Waals surface area contributed by atoms with Gasteiger partial charge in [0.15, 0.2) is 5.82 Å². The van der Waals surface area contributed by atoms with Crippen LogP contribution in [0.15, 0.2) is 23.5 Å². The van der Waals surface area contributed by atoms with Crippen molar-refractivity contribution < 1.29 is 19.1 Å². The van der Waals surface area contributed by atoms with Crippen LogP contribution in [0.2, 0.25) is 0 Å². The van der Waals surface area contributed by atoms with Crippen LogP contribution in [0.25, 0.3) is 0 Å². The lowest BCUT2D eigenvalue weighted by molar-refractivity contribution is -0.146. The molecule has 0 radical (unpaired) electrons. The van der Waals surface area contributed by atoms with E-state index in [2.05, 4.69) is 14.9 Å². The van der Waals surface area contributed by atoms with Crippen LogP contribution in [-0.4, -0.2) is 29.5 Å². The fraction of sp³-hybridized carbons (Fsp3) is 0.500. The number of aromatic nitrogens is 1. The van der Waals surface area contributed by atoms with Crippen molar-refractivity contribution in [3.63, 3.8) is 0 Å². The molecule has 1 aromatic rings. The molecule has 0 amide bonds. The van der Waals surface area contributed by atoms with Gasteiger partial charge in [-0.15, -0.1) is 0 Å². The second-order valence-electron chi connectivity index (χ2n) is 4.47. The molecule has 1 heterocycles. The molecule has 1 saturated carbocycles. The number of oxime groups is 1. The third kappa shape index (κ3) is 5.34. The van der Waals surface area contributed by atoms with Crippen LogP contribution in [0.3, 0.4) is 0 Å². The van der Waals surface area contributed by atoms with Crippen molar-refractivity contribution in [1.82, 2.24) is 4.98 Å². The molecule has 20 heavy (non-hydrogen) atoms. The van der Waals surface area contributed by atoms with E-state index in [1.807, 2.05) is 0 Å². The van der Waals surface area contributed by atoms with Gasteiger partial charge in [0.25, 0.3) is 0 Å². The van der Waals surface area contributed by atoms with Crippen LogP contribution in [0, 0.1) is 11.7 Å². The lowest BCUT2D eigenvalue weighted by Crippen LogP contribution is -2.18. The normalized spacial score (nSPS) is 15.5. The quantitative estimate of drug-likeness (QED) is 0.392. The number of nitrogens with zero attached hydrogens (tertiary/aromatic N) is 2. The fourth-order valence-electron chi connectivity index (χ4n) is 2.05. The highest BCUT2D eigenvalue weighted by Gasteiger charge is 2.20. The van der Waals surface area contributed by atoms with Crippen LogP contribution < -0.4 is 0 Å². The highest BCUT2D eigenvalue weighted by molar-refractivity contribution is 5.76. The van der Waals surface area contributed by atoms with Crippen molar-refractivity contribution in [1.29, 1.82) is 0 Å². The van der Waals surface area contributed by atoms with Crippen molar-refractivity contribution in [2.45, 2.75) is 32.1 Å². The Balaban J connectivity index is 0.000000200. The summed E-state index contributed by atoms with van der Waals surface area (Å²) in [6, 6.07) is 2.70. The molecule has 1 fully saturated rings. The van der Waals surface area contributed by atoms with Crippen molar-refractivity contribution in [3.8, 4) is 0 Å². The zero-order chi connectivity index (χ0) is 14.8. The predicted molar refractivity (Wildman–Crippen MR) is 72.2 cm³/mol. The van der Waals surface area contributed by atoms with Crippen LogP contribution >= 0.6 is 0 Å². The summed E-state index contributed by atoms with van der Waals surface area (Å²) in [6.07, 6.45) is 8.10. The van der Waals surface area contributed by atoms with Crippen LogP contribution in [-0.2, 0) is 9.53 Å². The van der Waals surface area contributed by atoms with Crippen molar-refractivity contribution in [2.24, 2.45) is 11.1 Å². The minimum absolute atomic E-state index is 0.0142. The van der Waals surface area contributed by atoms with E-state index in [4.69, 9.17) is 5.21 Å². The molecule has 1 N–H and O–H groups in total. The van der Waals surface area contributed by atoms with Crippen LogP contribution in [0.5, 0.6) is 0 Å². The first-order valence-corrected chi connectivity index (χ1v) is 6.54. The Morgan fingerprint density at radius 1 is 1.50 bits per heavy atom. The lowest BCUT2D eigenvalue weighted by atomic mass is 9.89. The maximum Gasteiger partial charge on any atom is 0.308 e. The van der Waals surface area contributed by atoms with Crippen molar-refractivity contribution in [2.75, 3.05) is 7.11 Å². The molecule has 0 aromatic carbocycles. The highest BCUT2D eigenvalue weighted by atomic mass is 19.1. The standard InChI is InChI=1S/C8H14O2.C6H5FN2O/c1-10-8(9)7-5-3-2-4-6-7;7-5-2-1-3-8-6(5)4-9-10/h7H,2-6H2,1H3;1-4,10H/b;9-4+. The van der Waals surface area contributed by atoms with Crippen LogP contribution in [0.1, 0.15) is 37.8 Å². The lowest BCUT2D eigenvalue weighted by Gasteiger charge is -2.18. The van der Waals surface area contributed by atoms with E-state index in [1.165, 1.54) is 44.7 Å². The molecule has 1 aromatic heterocycles. The van der Waals surface area contributed by atoms with Gasteiger partial charge in [0.1, 0.15) is 5.69 Å². The number of carbonyl (C=O) groups excluding carboxylic acids is 1. The maximum absolute atomic E-state index is 12.5. The fourth-order valence-corrected chi connectivity index (χ4v) is 2.05. The largest absolute Gasteiger partial charge is 0.469 e. The number of hydrogen-bond donors (Lipinski definition) is 1. The number of hydrogen-bond acceptors (Lipinski definition) is 5. The number of methoxy groups -OCH3 is 1. The summed E-state index contributed by atoms with van der Waals surface area (Å²) in [4.78, 5) is 14.5. The highest BCUT2D eigenvalue weighted by Crippen LogP contribution is 2.24. The summed E-state index contributed by atoms with van der Waals surface area (Å²) >= 11 is 0. The van der Waals surface area contributed by atoms with Crippen molar-refractivity contribution in [3.05, 3.63) is 29.8 Å². The van der Waals surface area contributed by atoms with Crippen LogP contribution in [0.4, 0.5) is 4.39 Å². The number of halogens is 1. The van der Waals surface area contributed by atoms with Gasteiger partial charge in [-0.3, -0.25) is 9.78 Å². The first-order valence-electron chi connectivity index (χ1n) is 6.54. The van der Waals surface area contributed by atoms with Gasteiger partial charge in [-0.05, 0) is 25.0 Å². The zero-order valence-electron chi connectivity index (χ0n) is 11.5. The summed E-state index contributed by atoms with van der Waals surface area (Å²) in [5.41, 5.74) is 0.0324. The summed E-state index contributed by atoms with van der Waals surface area (Å²) in [5.74, 6) is -0.307. The topological polar surface area (TPSA) is 71.8 Å². The van der Waals surface area contributed by atoms with Gasteiger partial charge in [0, 0.05) is 6.20 Å². The third-order valence-corrected chi connectivity index (χ3v) is 3.11. The molecule has 5 nitrogen and oxygen atoms in total. The number of pyridine rings is 1. The Bertz CT molecular complexity index is 446. The molecule has 1 aliphatic carbocycles. The minimum Gasteiger partial charge on any atom is -0.469 e. The van der Waals surface area contributed by atoms with E-state index < -0.39 is 5.82 Å². The number of ether oxygens (including phenoxy) is 1. The molecule has 0 spiro atoms. The number of rotatable bonds is 2. The smallest absolute Gasteiger partial charge is 0.308 e. The van der Waals surface area contributed by atoms with Gasteiger partial charge >= 0.3 is 5.97 Å². The second kappa shape index (κ2) is 9.01. The summed E-state index contributed by atoms with van der Waals surface area (Å²) in [7, 11) is 1.47. The molecule has 0 unspecified atom stereocenters. The molecular weight excluding hydrogens is 263 g/mol. The van der Waals surface area contributed by atoms with Crippen molar-refractivity contribution >= 4 is 12.2 Å².